The second-order valence-corrected chi connectivity index (χ2v) is 8.29. The molecule has 0 fully saturated rings. The van der Waals surface area contributed by atoms with Gasteiger partial charge in [0, 0.05) is 24.0 Å². The van der Waals surface area contributed by atoms with Crippen LogP contribution in [0.2, 0.25) is 0 Å². The van der Waals surface area contributed by atoms with Crippen molar-refractivity contribution in [2.45, 2.75) is 78.9 Å². The van der Waals surface area contributed by atoms with Crippen molar-refractivity contribution in [1.29, 1.82) is 0 Å². The van der Waals surface area contributed by atoms with Crippen LogP contribution in [0.3, 0.4) is 0 Å². The van der Waals surface area contributed by atoms with Crippen molar-refractivity contribution in [3.05, 3.63) is 57.9 Å². The summed E-state index contributed by atoms with van der Waals surface area (Å²) in [7, 11) is 0. The number of hydrogen-bond acceptors (Lipinski definition) is 4. The van der Waals surface area contributed by atoms with Crippen molar-refractivity contribution < 1.29 is 23.4 Å². The molecule has 1 aliphatic rings. The number of carbonyl (C=O) groups is 1. The van der Waals surface area contributed by atoms with E-state index >= 15 is 0 Å². The van der Waals surface area contributed by atoms with Gasteiger partial charge in [-0.25, -0.2) is 4.39 Å². The molecule has 4 nitrogen and oxygen atoms in total. The summed E-state index contributed by atoms with van der Waals surface area (Å²) in [6.07, 6.45) is 3.48. The van der Waals surface area contributed by atoms with Gasteiger partial charge in [0.15, 0.2) is 0 Å². The van der Waals surface area contributed by atoms with Gasteiger partial charge in [-0.3, -0.25) is 4.79 Å². The van der Waals surface area contributed by atoms with Crippen molar-refractivity contribution in [2.24, 2.45) is 0 Å². The fourth-order valence-electron chi connectivity index (χ4n) is 4.23. The van der Waals surface area contributed by atoms with E-state index in [0.717, 1.165) is 58.6 Å². The molecule has 0 spiro atoms. The van der Waals surface area contributed by atoms with Gasteiger partial charge >= 0.3 is 5.97 Å². The van der Waals surface area contributed by atoms with Crippen molar-refractivity contribution in [2.75, 3.05) is 6.61 Å². The summed E-state index contributed by atoms with van der Waals surface area (Å²) in [5, 5.41) is 0. The predicted molar refractivity (Wildman–Crippen MR) is 119 cm³/mol. The van der Waals surface area contributed by atoms with E-state index in [2.05, 4.69) is 13.8 Å². The predicted octanol–water partition coefficient (Wildman–Crippen LogP) is 6.01. The highest BCUT2D eigenvalue weighted by Crippen LogP contribution is 2.42. The Bertz CT molecular complexity index is 947. The molecule has 0 saturated carbocycles. The molecule has 2 aromatic carbocycles. The Morgan fingerprint density at radius 1 is 1.10 bits per heavy atom. The lowest BCUT2D eigenvalue weighted by molar-refractivity contribution is -0.143. The molecule has 2 aromatic rings. The van der Waals surface area contributed by atoms with E-state index in [0.29, 0.717) is 19.4 Å². The van der Waals surface area contributed by atoms with Crippen molar-refractivity contribution in [1.82, 2.24) is 0 Å². The minimum Gasteiger partial charge on any atom is -0.488 e. The zero-order chi connectivity index (χ0) is 22.6. The fraction of sp³-hybridized carbons (Fsp3) is 0.500. The van der Waals surface area contributed by atoms with E-state index in [1.165, 1.54) is 6.07 Å². The average molecular weight is 429 g/mol. The zero-order valence-electron chi connectivity index (χ0n) is 19.3. The Hall–Kier alpha value is -2.56. The second kappa shape index (κ2) is 9.71. The number of ether oxygens (including phenoxy) is 3. The monoisotopic (exact) mass is 428 g/mol. The molecule has 0 N–H and O–H groups in total. The molecule has 0 bridgehead atoms. The highest BCUT2D eigenvalue weighted by molar-refractivity contribution is 5.69. The lowest BCUT2D eigenvalue weighted by Gasteiger charge is -2.26. The Balaban J connectivity index is 1.74. The lowest BCUT2D eigenvalue weighted by Crippen LogP contribution is -2.32. The van der Waals surface area contributed by atoms with Gasteiger partial charge in [-0.1, -0.05) is 19.9 Å². The Morgan fingerprint density at radius 2 is 1.84 bits per heavy atom. The Morgan fingerprint density at radius 3 is 2.52 bits per heavy atom. The first kappa shape index (κ1) is 23.1. The summed E-state index contributed by atoms with van der Waals surface area (Å²) in [5.74, 6) is 1.08. The highest BCUT2D eigenvalue weighted by atomic mass is 19.1. The van der Waals surface area contributed by atoms with Crippen molar-refractivity contribution in [3.8, 4) is 11.5 Å². The van der Waals surface area contributed by atoms with Crippen LogP contribution in [0.5, 0.6) is 11.5 Å². The number of fused-ring (bicyclic) bond motifs is 1. The molecule has 1 aliphatic heterocycles. The van der Waals surface area contributed by atoms with E-state index < -0.39 is 0 Å². The SMILES string of the molecule is CCOC(=O)CCc1ccc(OCc2cc(F)cc3c2OC(CC)(CC)C3)c(C)c1C. The summed E-state index contributed by atoms with van der Waals surface area (Å²) in [6, 6.07) is 7.00. The van der Waals surface area contributed by atoms with Crippen LogP contribution in [-0.4, -0.2) is 18.2 Å². The first-order valence-corrected chi connectivity index (χ1v) is 11.2. The first-order valence-electron chi connectivity index (χ1n) is 11.2. The summed E-state index contributed by atoms with van der Waals surface area (Å²) in [6.45, 7) is 10.7. The average Bonchev–Trinajstić information content (AvgIpc) is 3.13. The number of esters is 1. The summed E-state index contributed by atoms with van der Waals surface area (Å²) in [4.78, 5) is 11.7. The minimum atomic E-state index is -0.258. The summed E-state index contributed by atoms with van der Waals surface area (Å²) in [5.41, 5.74) is 4.62. The maximum Gasteiger partial charge on any atom is 0.306 e. The van der Waals surface area contributed by atoms with Crippen molar-refractivity contribution in [3.63, 3.8) is 0 Å². The topological polar surface area (TPSA) is 44.8 Å². The summed E-state index contributed by atoms with van der Waals surface area (Å²) < 4.78 is 31.7. The van der Waals surface area contributed by atoms with E-state index in [4.69, 9.17) is 14.2 Å². The molecule has 0 atom stereocenters. The van der Waals surface area contributed by atoms with Crippen molar-refractivity contribution >= 4 is 5.97 Å². The minimum absolute atomic E-state index is 0.185. The van der Waals surface area contributed by atoms with Crippen LogP contribution in [0, 0.1) is 19.7 Å². The Labute approximate surface area is 184 Å². The Kier molecular flexibility index (Phi) is 7.24. The standard InChI is InChI=1S/C26H33FO4/c1-6-26(7-2)15-20-13-22(27)14-21(25(20)31-26)16-30-23-11-9-19(17(4)18(23)5)10-12-24(28)29-8-3/h9,11,13-14H,6-8,10,12,15-16H2,1-5H3. The van der Waals surface area contributed by atoms with Gasteiger partial charge in [-0.05, 0) is 74.9 Å². The third kappa shape index (κ3) is 5.03. The van der Waals surface area contributed by atoms with E-state index in [1.54, 1.807) is 6.07 Å². The molecule has 168 valence electrons. The smallest absolute Gasteiger partial charge is 0.306 e. The third-order valence-corrected chi connectivity index (χ3v) is 6.46. The molecule has 0 radical (unpaired) electrons. The highest BCUT2D eigenvalue weighted by Gasteiger charge is 2.37. The van der Waals surface area contributed by atoms with Crippen LogP contribution in [-0.2, 0) is 29.0 Å². The van der Waals surface area contributed by atoms with Gasteiger partial charge < -0.3 is 14.2 Å². The van der Waals surface area contributed by atoms with Gasteiger partial charge in [-0.15, -0.1) is 0 Å². The van der Waals surface area contributed by atoms with Gasteiger partial charge in [0.1, 0.15) is 29.5 Å². The maximum absolute atomic E-state index is 14.3. The van der Waals surface area contributed by atoms with Crippen LogP contribution in [0.25, 0.3) is 0 Å². The lowest BCUT2D eigenvalue weighted by atomic mass is 9.91. The third-order valence-electron chi connectivity index (χ3n) is 6.46. The van der Waals surface area contributed by atoms with Gasteiger partial charge in [0.2, 0.25) is 0 Å². The summed E-state index contributed by atoms with van der Waals surface area (Å²) >= 11 is 0. The number of aryl methyl sites for hydroxylation is 1. The normalized spacial score (nSPS) is 14.1. The molecule has 0 saturated heterocycles. The van der Waals surface area contributed by atoms with E-state index in [1.807, 2.05) is 32.9 Å². The largest absolute Gasteiger partial charge is 0.488 e. The molecule has 3 rings (SSSR count). The van der Waals surface area contributed by atoms with Gasteiger partial charge in [0.05, 0.1) is 6.61 Å². The molecule has 0 amide bonds. The number of rotatable bonds is 9. The van der Waals surface area contributed by atoms with Crippen LogP contribution in [0.15, 0.2) is 24.3 Å². The van der Waals surface area contributed by atoms with E-state index in [-0.39, 0.29) is 24.0 Å². The zero-order valence-corrected chi connectivity index (χ0v) is 19.3. The second-order valence-electron chi connectivity index (χ2n) is 8.29. The van der Waals surface area contributed by atoms with E-state index in [9.17, 15) is 9.18 Å². The van der Waals surface area contributed by atoms with Crippen LogP contribution < -0.4 is 9.47 Å². The fourth-order valence-corrected chi connectivity index (χ4v) is 4.23. The molecule has 31 heavy (non-hydrogen) atoms. The van der Waals surface area contributed by atoms with Gasteiger partial charge in [0.25, 0.3) is 0 Å². The quantitative estimate of drug-likeness (QED) is 0.459. The number of hydrogen-bond donors (Lipinski definition) is 0. The molecule has 5 heteroatoms. The number of carbonyl (C=O) groups excluding carboxylic acids is 1. The number of halogens is 1. The van der Waals surface area contributed by atoms with Gasteiger partial charge in [-0.2, -0.15) is 0 Å². The molecule has 0 aromatic heterocycles. The molecule has 1 heterocycles. The van der Waals surface area contributed by atoms with Crippen LogP contribution in [0.4, 0.5) is 4.39 Å². The first-order chi connectivity index (χ1) is 14.8. The molecular weight excluding hydrogens is 395 g/mol. The van der Waals surface area contributed by atoms with Crippen LogP contribution in [0.1, 0.15) is 67.9 Å². The molecule has 0 unspecified atom stereocenters. The maximum atomic E-state index is 14.3. The van der Waals surface area contributed by atoms with Crippen LogP contribution >= 0.6 is 0 Å². The molecular formula is C26H33FO4. The number of benzene rings is 2. The molecule has 0 aliphatic carbocycles.